The molecule has 0 radical (unpaired) electrons. The second-order valence-electron chi connectivity index (χ2n) is 7.42. The van der Waals surface area contributed by atoms with Crippen molar-refractivity contribution in [3.63, 3.8) is 0 Å². The Bertz CT molecular complexity index is 1030. The maximum atomic E-state index is 13.9. The van der Waals surface area contributed by atoms with Gasteiger partial charge < -0.3 is 4.74 Å². The Labute approximate surface area is 181 Å². The first kappa shape index (κ1) is 22.4. The van der Waals surface area contributed by atoms with Crippen LogP contribution < -0.4 is 4.74 Å². The van der Waals surface area contributed by atoms with Gasteiger partial charge in [-0.05, 0) is 36.1 Å². The van der Waals surface area contributed by atoms with Gasteiger partial charge in [0.1, 0.15) is 12.7 Å². The third-order valence-corrected chi connectivity index (χ3v) is 5.05. The van der Waals surface area contributed by atoms with Crippen molar-refractivity contribution in [1.29, 1.82) is 5.26 Å². The molecule has 3 rings (SSSR count). The van der Waals surface area contributed by atoms with Crippen molar-refractivity contribution in [2.24, 2.45) is 0 Å². The molecule has 0 atom stereocenters. The van der Waals surface area contributed by atoms with Crippen molar-refractivity contribution >= 4 is 0 Å². The second kappa shape index (κ2) is 11.2. The molecule has 0 bridgehead atoms. The predicted octanol–water partition coefficient (Wildman–Crippen LogP) is 6.39. The minimum Gasteiger partial charge on any atom is -0.486 e. The average Bonchev–Trinajstić information content (AvgIpc) is 2.81. The summed E-state index contributed by atoms with van der Waals surface area (Å²) in [6.45, 7) is 2.28. The van der Waals surface area contributed by atoms with E-state index in [9.17, 15) is 8.78 Å². The number of halogens is 2. The summed E-state index contributed by atoms with van der Waals surface area (Å²) in [6, 6.07) is 11.5. The zero-order valence-electron chi connectivity index (χ0n) is 17.6. The van der Waals surface area contributed by atoms with Gasteiger partial charge >= 0.3 is 0 Å². The third kappa shape index (κ3) is 6.08. The number of ether oxygens (including phenoxy) is 1. The first-order chi connectivity index (χ1) is 15.1. The fourth-order valence-corrected chi connectivity index (χ4v) is 3.21. The highest BCUT2D eigenvalue weighted by Gasteiger charge is 2.14. The van der Waals surface area contributed by atoms with Gasteiger partial charge in [0.05, 0.1) is 5.56 Å². The largest absolute Gasteiger partial charge is 0.486 e. The van der Waals surface area contributed by atoms with E-state index < -0.39 is 11.6 Å². The smallest absolute Gasteiger partial charge is 0.202 e. The SMILES string of the molecule is CCCCCCCc1cnc(-c2ccc(COc3ccc(C#N)c(F)c3F)cc2)nc1. The van der Waals surface area contributed by atoms with Gasteiger partial charge in [-0.15, -0.1) is 0 Å². The summed E-state index contributed by atoms with van der Waals surface area (Å²) in [5, 5.41) is 8.74. The van der Waals surface area contributed by atoms with Crippen LogP contribution in [0.3, 0.4) is 0 Å². The lowest BCUT2D eigenvalue weighted by Gasteiger charge is -2.09. The first-order valence-electron chi connectivity index (χ1n) is 10.5. The van der Waals surface area contributed by atoms with Gasteiger partial charge in [0.15, 0.2) is 17.4 Å². The van der Waals surface area contributed by atoms with E-state index in [0.29, 0.717) is 5.82 Å². The molecular weight excluding hydrogens is 396 g/mol. The van der Waals surface area contributed by atoms with E-state index in [4.69, 9.17) is 10.00 Å². The third-order valence-electron chi connectivity index (χ3n) is 5.05. The summed E-state index contributed by atoms with van der Waals surface area (Å²) in [4.78, 5) is 8.93. The number of unbranched alkanes of at least 4 members (excludes halogenated alkanes) is 4. The molecule has 0 spiro atoms. The number of rotatable bonds is 10. The maximum absolute atomic E-state index is 13.9. The van der Waals surface area contributed by atoms with Gasteiger partial charge in [-0.1, -0.05) is 56.9 Å². The molecule has 0 N–H and O–H groups in total. The van der Waals surface area contributed by atoms with Crippen molar-refractivity contribution in [3.05, 3.63) is 77.1 Å². The Morgan fingerprint density at radius 2 is 1.58 bits per heavy atom. The summed E-state index contributed by atoms with van der Waals surface area (Å²) in [5.74, 6) is -1.94. The summed E-state index contributed by atoms with van der Waals surface area (Å²) in [5.41, 5.74) is 2.45. The number of nitriles is 1. The lowest BCUT2D eigenvalue weighted by Crippen LogP contribution is -2.00. The van der Waals surface area contributed by atoms with Crippen LogP contribution >= 0.6 is 0 Å². The Balaban J connectivity index is 1.55. The van der Waals surface area contributed by atoms with Crippen LogP contribution in [0.15, 0.2) is 48.8 Å². The zero-order chi connectivity index (χ0) is 22.1. The molecule has 31 heavy (non-hydrogen) atoms. The molecule has 0 saturated carbocycles. The molecule has 0 aliphatic rings. The fraction of sp³-hybridized carbons (Fsp3) is 0.320. The molecule has 0 unspecified atom stereocenters. The van der Waals surface area contributed by atoms with E-state index in [1.807, 2.05) is 36.7 Å². The monoisotopic (exact) mass is 421 g/mol. The summed E-state index contributed by atoms with van der Waals surface area (Å²) < 4.78 is 33.0. The van der Waals surface area contributed by atoms with Gasteiger partial charge in [0, 0.05) is 18.0 Å². The number of benzene rings is 2. The van der Waals surface area contributed by atoms with Crippen molar-refractivity contribution in [2.75, 3.05) is 0 Å². The lowest BCUT2D eigenvalue weighted by atomic mass is 10.1. The van der Waals surface area contributed by atoms with E-state index in [-0.39, 0.29) is 17.9 Å². The molecule has 0 aliphatic heterocycles. The van der Waals surface area contributed by atoms with Gasteiger partial charge in [0.25, 0.3) is 0 Å². The van der Waals surface area contributed by atoms with Crippen LogP contribution in [0.25, 0.3) is 11.4 Å². The normalized spacial score (nSPS) is 10.6. The molecule has 160 valence electrons. The van der Waals surface area contributed by atoms with Crippen molar-refractivity contribution in [1.82, 2.24) is 9.97 Å². The molecule has 6 heteroatoms. The molecular formula is C25H25F2N3O. The molecule has 0 saturated heterocycles. The molecule has 0 amide bonds. The van der Waals surface area contributed by atoms with Crippen LogP contribution in [0.1, 0.15) is 55.7 Å². The van der Waals surface area contributed by atoms with Crippen LogP contribution in [0, 0.1) is 23.0 Å². The highest BCUT2D eigenvalue weighted by molar-refractivity contribution is 5.55. The molecule has 0 fully saturated rings. The Morgan fingerprint density at radius 1 is 0.871 bits per heavy atom. The van der Waals surface area contributed by atoms with E-state index in [2.05, 4.69) is 16.9 Å². The molecule has 0 aliphatic carbocycles. The minimum atomic E-state index is -1.20. The minimum absolute atomic E-state index is 0.0698. The van der Waals surface area contributed by atoms with Gasteiger partial charge in [0.2, 0.25) is 5.82 Å². The number of hydrogen-bond acceptors (Lipinski definition) is 4. The lowest BCUT2D eigenvalue weighted by molar-refractivity contribution is 0.284. The molecule has 3 aromatic rings. The second-order valence-corrected chi connectivity index (χ2v) is 7.42. The van der Waals surface area contributed by atoms with E-state index in [1.54, 1.807) is 6.07 Å². The highest BCUT2D eigenvalue weighted by atomic mass is 19.2. The van der Waals surface area contributed by atoms with E-state index in [0.717, 1.165) is 29.5 Å². The standard InChI is InChI=1S/C25H25F2N3O/c1-2-3-4-5-6-7-19-15-29-25(30-16-19)20-10-8-18(9-11-20)17-31-22-13-12-21(14-28)23(26)24(22)27/h8-13,15-16H,2-7,17H2,1H3. The summed E-state index contributed by atoms with van der Waals surface area (Å²) in [6.07, 6.45) is 10.9. The summed E-state index contributed by atoms with van der Waals surface area (Å²) in [7, 11) is 0. The number of hydrogen-bond donors (Lipinski definition) is 0. The average molecular weight is 421 g/mol. The highest BCUT2D eigenvalue weighted by Crippen LogP contribution is 2.24. The summed E-state index contributed by atoms with van der Waals surface area (Å²) >= 11 is 0. The van der Waals surface area contributed by atoms with Gasteiger partial charge in [-0.2, -0.15) is 9.65 Å². The van der Waals surface area contributed by atoms with Crippen molar-refractivity contribution < 1.29 is 13.5 Å². The Hall–Kier alpha value is -3.33. The topological polar surface area (TPSA) is 58.8 Å². The van der Waals surface area contributed by atoms with E-state index in [1.165, 1.54) is 37.8 Å². The maximum Gasteiger partial charge on any atom is 0.202 e. The fourth-order valence-electron chi connectivity index (χ4n) is 3.21. The Kier molecular flexibility index (Phi) is 8.05. The van der Waals surface area contributed by atoms with Crippen LogP contribution in [0.2, 0.25) is 0 Å². The number of aromatic nitrogens is 2. The van der Waals surface area contributed by atoms with Crippen LogP contribution in [-0.2, 0) is 13.0 Å². The quantitative estimate of drug-likeness (QED) is 0.356. The van der Waals surface area contributed by atoms with Gasteiger partial charge in [-0.3, -0.25) is 0 Å². The van der Waals surface area contributed by atoms with E-state index >= 15 is 0 Å². The molecule has 2 aromatic carbocycles. The molecule has 4 nitrogen and oxygen atoms in total. The predicted molar refractivity (Wildman–Crippen MR) is 115 cm³/mol. The zero-order valence-corrected chi connectivity index (χ0v) is 17.6. The van der Waals surface area contributed by atoms with Crippen LogP contribution in [0.4, 0.5) is 8.78 Å². The molecule has 1 heterocycles. The van der Waals surface area contributed by atoms with Crippen molar-refractivity contribution in [3.8, 4) is 23.2 Å². The number of nitrogens with zero attached hydrogens (tertiary/aromatic N) is 3. The van der Waals surface area contributed by atoms with Gasteiger partial charge in [-0.25, -0.2) is 14.4 Å². The first-order valence-corrected chi connectivity index (χ1v) is 10.5. The Morgan fingerprint density at radius 3 is 2.26 bits per heavy atom. The van der Waals surface area contributed by atoms with Crippen molar-refractivity contribution in [2.45, 2.75) is 52.1 Å². The van der Waals surface area contributed by atoms with Crippen LogP contribution in [0.5, 0.6) is 5.75 Å². The molecule has 1 aromatic heterocycles. The number of aryl methyl sites for hydroxylation is 1. The van der Waals surface area contributed by atoms with Crippen LogP contribution in [-0.4, -0.2) is 9.97 Å².